The molecule has 1 aromatic heterocycles. The molecule has 3 rings (SSSR count). The van der Waals surface area contributed by atoms with Crippen molar-refractivity contribution in [3.8, 4) is 11.5 Å². The highest BCUT2D eigenvalue weighted by Gasteiger charge is 2.28. The van der Waals surface area contributed by atoms with Crippen LogP contribution in [0.25, 0.3) is 0 Å². The number of aromatic nitrogens is 1. The predicted molar refractivity (Wildman–Crippen MR) is 101 cm³/mol. The fourth-order valence-corrected chi connectivity index (χ4v) is 3.41. The van der Waals surface area contributed by atoms with Crippen molar-refractivity contribution in [2.45, 2.75) is 50.9 Å². The zero-order valence-corrected chi connectivity index (χ0v) is 15.4. The highest BCUT2D eigenvalue weighted by molar-refractivity contribution is 5.43. The van der Waals surface area contributed by atoms with Gasteiger partial charge in [-0.15, -0.1) is 0 Å². The minimum Gasteiger partial charge on any atom is -0.493 e. The van der Waals surface area contributed by atoms with Crippen molar-refractivity contribution >= 4 is 0 Å². The molecule has 1 aliphatic rings. The summed E-state index contributed by atoms with van der Waals surface area (Å²) >= 11 is 0. The first-order valence-corrected chi connectivity index (χ1v) is 9.30. The molecule has 5 heteroatoms. The largest absolute Gasteiger partial charge is 0.493 e. The van der Waals surface area contributed by atoms with Gasteiger partial charge in [0.2, 0.25) is 0 Å². The van der Waals surface area contributed by atoms with Crippen LogP contribution in [0.5, 0.6) is 11.5 Å². The van der Waals surface area contributed by atoms with Gasteiger partial charge >= 0.3 is 0 Å². The monoisotopic (exact) mass is 356 g/mol. The molecule has 0 saturated heterocycles. The van der Waals surface area contributed by atoms with Crippen LogP contribution in [-0.2, 0) is 13.2 Å². The van der Waals surface area contributed by atoms with Crippen LogP contribution in [0.3, 0.4) is 0 Å². The quantitative estimate of drug-likeness (QED) is 0.758. The number of nitrogens with one attached hydrogen (secondary N) is 1. The van der Waals surface area contributed by atoms with Gasteiger partial charge in [-0.1, -0.05) is 31.4 Å². The van der Waals surface area contributed by atoms with Gasteiger partial charge in [-0.2, -0.15) is 0 Å². The number of pyridine rings is 1. The maximum atomic E-state index is 10.6. The molecule has 0 radical (unpaired) electrons. The Morgan fingerprint density at radius 1 is 1.12 bits per heavy atom. The molecule has 0 atom stereocenters. The summed E-state index contributed by atoms with van der Waals surface area (Å²) in [7, 11) is 1.64. The first kappa shape index (κ1) is 18.7. The van der Waals surface area contributed by atoms with Crippen molar-refractivity contribution in [3.05, 3.63) is 53.9 Å². The van der Waals surface area contributed by atoms with Crippen molar-refractivity contribution in [1.29, 1.82) is 0 Å². The minimum absolute atomic E-state index is 0.445. The zero-order chi connectivity index (χ0) is 18.2. The summed E-state index contributed by atoms with van der Waals surface area (Å²) in [5.74, 6) is 1.43. The lowest BCUT2D eigenvalue weighted by Crippen LogP contribution is -2.41. The Kier molecular flexibility index (Phi) is 6.47. The molecule has 1 saturated carbocycles. The number of benzene rings is 1. The van der Waals surface area contributed by atoms with Gasteiger partial charge in [-0.05, 0) is 36.6 Å². The topological polar surface area (TPSA) is 63.6 Å². The Morgan fingerprint density at radius 3 is 2.69 bits per heavy atom. The summed E-state index contributed by atoms with van der Waals surface area (Å²) in [5.41, 5.74) is 1.56. The smallest absolute Gasteiger partial charge is 0.161 e. The van der Waals surface area contributed by atoms with E-state index in [-0.39, 0.29) is 0 Å². The van der Waals surface area contributed by atoms with Crippen molar-refractivity contribution in [3.63, 3.8) is 0 Å². The van der Waals surface area contributed by atoms with Crippen LogP contribution in [0.4, 0.5) is 0 Å². The summed E-state index contributed by atoms with van der Waals surface area (Å²) < 4.78 is 11.3. The Morgan fingerprint density at radius 2 is 1.96 bits per heavy atom. The van der Waals surface area contributed by atoms with Gasteiger partial charge in [0.15, 0.2) is 11.5 Å². The van der Waals surface area contributed by atoms with Gasteiger partial charge in [0.1, 0.15) is 6.61 Å². The number of aliphatic hydroxyl groups is 1. The second-order valence-electron chi connectivity index (χ2n) is 7.02. The van der Waals surface area contributed by atoms with E-state index in [9.17, 15) is 5.11 Å². The maximum absolute atomic E-state index is 10.6. The van der Waals surface area contributed by atoms with Gasteiger partial charge in [-0.3, -0.25) is 4.98 Å². The second-order valence-corrected chi connectivity index (χ2v) is 7.02. The Hall–Kier alpha value is -2.11. The molecule has 1 aromatic carbocycles. The number of ether oxygens (including phenoxy) is 2. The summed E-state index contributed by atoms with van der Waals surface area (Å²) in [6, 6.07) is 9.81. The maximum Gasteiger partial charge on any atom is 0.161 e. The molecule has 0 spiro atoms. The summed E-state index contributed by atoms with van der Waals surface area (Å²) in [5, 5.41) is 14.0. The number of hydrogen-bond donors (Lipinski definition) is 2. The van der Waals surface area contributed by atoms with Crippen molar-refractivity contribution in [1.82, 2.24) is 10.3 Å². The minimum atomic E-state index is -0.551. The highest BCUT2D eigenvalue weighted by Crippen LogP contribution is 2.30. The van der Waals surface area contributed by atoms with E-state index in [1.807, 2.05) is 30.3 Å². The van der Waals surface area contributed by atoms with E-state index in [2.05, 4.69) is 10.3 Å². The van der Waals surface area contributed by atoms with Crippen LogP contribution in [-0.4, -0.2) is 29.3 Å². The van der Waals surface area contributed by atoms with E-state index >= 15 is 0 Å². The number of hydrogen-bond acceptors (Lipinski definition) is 5. The fraction of sp³-hybridized carbons (Fsp3) is 0.476. The van der Waals surface area contributed by atoms with E-state index in [1.54, 1.807) is 19.5 Å². The molecule has 0 aliphatic heterocycles. The van der Waals surface area contributed by atoms with Crippen molar-refractivity contribution in [2.75, 3.05) is 13.7 Å². The lowest BCUT2D eigenvalue weighted by atomic mass is 9.85. The molecule has 5 nitrogen and oxygen atoms in total. The van der Waals surface area contributed by atoms with Crippen LogP contribution in [0, 0.1) is 0 Å². The van der Waals surface area contributed by atoms with Gasteiger partial charge in [-0.25, -0.2) is 0 Å². The van der Waals surface area contributed by atoms with Crippen LogP contribution in [0.2, 0.25) is 0 Å². The molecule has 26 heavy (non-hydrogen) atoms. The van der Waals surface area contributed by atoms with Crippen molar-refractivity contribution in [2.24, 2.45) is 0 Å². The Balaban J connectivity index is 1.57. The Bertz CT molecular complexity index is 685. The number of rotatable bonds is 8. The molecule has 1 aliphatic carbocycles. The third-order valence-corrected chi connectivity index (χ3v) is 4.91. The van der Waals surface area contributed by atoms with Gasteiger partial charge in [0.25, 0.3) is 0 Å². The van der Waals surface area contributed by atoms with Crippen LogP contribution in [0.15, 0.2) is 42.7 Å². The summed E-state index contributed by atoms with van der Waals surface area (Å²) in [4.78, 5) is 4.10. The molecule has 2 aromatic rings. The molecule has 0 unspecified atom stereocenters. The molecule has 1 fully saturated rings. The van der Waals surface area contributed by atoms with Crippen LogP contribution >= 0.6 is 0 Å². The molecule has 2 N–H and O–H groups in total. The molecule has 0 amide bonds. The average molecular weight is 356 g/mol. The first-order valence-electron chi connectivity index (χ1n) is 9.30. The van der Waals surface area contributed by atoms with Gasteiger partial charge in [0, 0.05) is 31.0 Å². The predicted octanol–water partition coefficient (Wildman–Crippen LogP) is 3.45. The summed E-state index contributed by atoms with van der Waals surface area (Å²) in [6.45, 7) is 1.77. The van der Waals surface area contributed by atoms with E-state index in [0.717, 1.165) is 36.8 Å². The number of methoxy groups -OCH3 is 1. The number of nitrogens with zero attached hydrogens (tertiary/aromatic N) is 1. The molecule has 0 bridgehead atoms. The SMILES string of the molecule is COc1ccc(CNCC2(O)CCCCC2)cc1OCc1cccnc1. The van der Waals surface area contributed by atoms with E-state index in [0.29, 0.717) is 31.2 Å². The summed E-state index contributed by atoms with van der Waals surface area (Å²) in [6.07, 6.45) is 8.79. The first-order chi connectivity index (χ1) is 12.7. The van der Waals surface area contributed by atoms with E-state index in [4.69, 9.17) is 9.47 Å². The standard InChI is InChI=1S/C21H28N2O3/c1-25-19-8-7-17(13-23-16-21(24)9-3-2-4-10-21)12-20(19)26-15-18-6-5-11-22-14-18/h5-8,11-12,14,23-24H,2-4,9-10,13,15-16H2,1H3. The lowest BCUT2D eigenvalue weighted by molar-refractivity contribution is 0.00467. The van der Waals surface area contributed by atoms with Crippen molar-refractivity contribution < 1.29 is 14.6 Å². The highest BCUT2D eigenvalue weighted by atomic mass is 16.5. The fourth-order valence-electron chi connectivity index (χ4n) is 3.41. The molecule has 140 valence electrons. The van der Waals surface area contributed by atoms with Gasteiger partial charge < -0.3 is 19.9 Å². The molecular weight excluding hydrogens is 328 g/mol. The van der Waals surface area contributed by atoms with E-state index in [1.165, 1.54) is 6.42 Å². The zero-order valence-electron chi connectivity index (χ0n) is 15.4. The van der Waals surface area contributed by atoms with Crippen LogP contribution < -0.4 is 14.8 Å². The van der Waals surface area contributed by atoms with Crippen LogP contribution in [0.1, 0.15) is 43.2 Å². The third-order valence-electron chi connectivity index (χ3n) is 4.91. The Labute approximate surface area is 155 Å². The van der Waals surface area contributed by atoms with E-state index < -0.39 is 5.60 Å². The lowest BCUT2D eigenvalue weighted by Gasteiger charge is -2.32. The second kappa shape index (κ2) is 9.01. The molecular formula is C21H28N2O3. The normalized spacial score (nSPS) is 16.2. The molecule has 1 heterocycles. The third kappa shape index (κ3) is 5.19. The average Bonchev–Trinajstić information content (AvgIpc) is 2.68. The van der Waals surface area contributed by atoms with Gasteiger partial charge in [0.05, 0.1) is 12.7 Å².